The topological polar surface area (TPSA) is 29.1 Å². The number of benzene rings is 1. The van der Waals surface area contributed by atoms with Crippen molar-refractivity contribution >= 4 is 11.6 Å². The molecule has 1 rings (SSSR count). The summed E-state index contributed by atoms with van der Waals surface area (Å²) < 4.78 is 0. The van der Waals surface area contributed by atoms with Gasteiger partial charge in [-0.1, -0.05) is 97.5 Å². The normalized spacial score (nSPS) is 12.6. The third-order valence-electron chi connectivity index (χ3n) is 5.08. The molecule has 1 amide bonds. The van der Waals surface area contributed by atoms with Crippen molar-refractivity contribution < 1.29 is 4.79 Å². The first kappa shape index (κ1) is 28.2. The van der Waals surface area contributed by atoms with Crippen LogP contribution in [0.5, 0.6) is 0 Å². The lowest BCUT2D eigenvalue weighted by Crippen LogP contribution is -2.13. The largest absolute Gasteiger partial charge is 0.326 e. The first-order valence-corrected chi connectivity index (χ1v) is 12.3. The summed E-state index contributed by atoms with van der Waals surface area (Å²) in [6.07, 6.45) is 33.5. The second-order valence-corrected chi connectivity index (χ2v) is 8.28. The zero-order valence-electron chi connectivity index (χ0n) is 21.1. The van der Waals surface area contributed by atoms with Crippen molar-refractivity contribution in [3.8, 4) is 0 Å². The van der Waals surface area contributed by atoms with E-state index in [0.29, 0.717) is 6.42 Å². The van der Waals surface area contributed by atoms with E-state index in [4.69, 9.17) is 0 Å². The van der Waals surface area contributed by atoms with E-state index < -0.39 is 0 Å². The summed E-state index contributed by atoms with van der Waals surface area (Å²) in [5.41, 5.74) is 4.42. The highest BCUT2D eigenvalue weighted by Gasteiger charge is 2.07. The molecule has 0 bridgehead atoms. The van der Waals surface area contributed by atoms with Gasteiger partial charge in [-0.15, -0.1) is 0 Å². The maximum absolute atomic E-state index is 12.2. The average Bonchev–Trinajstić information content (AvgIpc) is 2.77. The number of amides is 1. The van der Waals surface area contributed by atoms with Crippen molar-refractivity contribution in [2.45, 2.75) is 79.1 Å². The highest BCUT2D eigenvalue weighted by Crippen LogP contribution is 2.22. The van der Waals surface area contributed by atoms with Crippen LogP contribution in [-0.4, -0.2) is 5.91 Å². The minimum absolute atomic E-state index is 0.0737. The van der Waals surface area contributed by atoms with Crippen LogP contribution in [0.15, 0.2) is 85.0 Å². The van der Waals surface area contributed by atoms with Crippen LogP contribution in [0, 0.1) is 20.8 Å². The lowest BCUT2D eigenvalue weighted by atomic mass is 10.0. The van der Waals surface area contributed by atoms with Crippen molar-refractivity contribution in [3.05, 3.63) is 102 Å². The van der Waals surface area contributed by atoms with E-state index in [1.165, 1.54) is 5.56 Å². The molecule has 0 saturated heterocycles. The number of hydrogen-bond acceptors (Lipinski definition) is 1. The first-order chi connectivity index (χ1) is 16.0. The zero-order chi connectivity index (χ0) is 24.2. The fraction of sp³-hybridized carbons (Fsp3) is 0.387. The minimum Gasteiger partial charge on any atom is -0.326 e. The second-order valence-electron chi connectivity index (χ2n) is 8.28. The maximum atomic E-state index is 12.2. The van der Waals surface area contributed by atoms with Gasteiger partial charge in [-0.25, -0.2) is 0 Å². The van der Waals surface area contributed by atoms with Gasteiger partial charge in [0.2, 0.25) is 5.91 Å². The predicted octanol–water partition coefficient (Wildman–Crippen LogP) is 9.03. The van der Waals surface area contributed by atoms with E-state index in [1.807, 2.05) is 13.8 Å². The van der Waals surface area contributed by atoms with Gasteiger partial charge < -0.3 is 5.32 Å². The van der Waals surface area contributed by atoms with E-state index in [0.717, 1.165) is 61.8 Å². The number of allylic oxidation sites excluding steroid dienone is 12. The number of anilines is 1. The van der Waals surface area contributed by atoms with Gasteiger partial charge in [0, 0.05) is 12.1 Å². The van der Waals surface area contributed by atoms with E-state index in [-0.39, 0.29) is 5.91 Å². The van der Waals surface area contributed by atoms with E-state index in [2.05, 4.69) is 104 Å². The van der Waals surface area contributed by atoms with Gasteiger partial charge in [0.1, 0.15) is 0 Å². The van der Waals surface area contributed by atoms with Gasteiger partial charge in [-0.2, -0.15) is 0 Å². The van der Waals surface area contributed by atoms with Crippen LogP contribution < -0.4 is 5.32 Å². The van der Waals surface area contributed by atoms with Crippen LogP contribution in [0.25, 0.3) is 0 Å². The minimum atomic E-state index is 0.0737. The molecule has 1 aromatic carbocycles. The fourth-order valence-corrected chi connectivity index (χ4v) is 3.43. The summed E-state index contributed by atoms with van der Waals surface area (Å²) in [6, 6.07) is 4.21. The SMILES string of the molecule is CC/C=C\C/C=C\C/C=C\C/C=C\C/C=C\C/C=C\CCC(=O)Nc1c(C)cc(C)cc1C. The Morgan fingerprint density at radius 1 is 0.667 bits per heavy atom. The molecule has 0 saturated carbocycles. The number of carbonyl (C=O) groups is 1. The van der Waals surface area contributed by atoms with Gasteiger partial charge in [0.05, 0.1) is 0 Å². The highest BCUT2D eigenvalue weighted by atomic mass is 16.1. The Balaban J connectivity index is 2.10. The molecule has 0 fully saturated rings. The highest BCUT2D eigenvalue weighted by molar-refractivity contribution is 5.92. The molecular formula is C31H43NO. The van der Waals surface area contributed by atoms with Crippen LogP contribution >= 0.6 is 0 Å². The molecule has 0 heterocycles. The molecule has 0 aliphatic carbocycles. The molecule has 2 heteroatoms. The van der Waals surface area contributed by atoms with Crippen LogP contribution in [0.2, 0.25) is 0 Å². The summed E-state index contributed by atoms with van der Waals surface area (Å²) >= 11 is 0. The Hall–Kier alpha value is -2.87. The Labute approximate surface area is 202 Å². The first-order valence-electron chi connectivity index (χ1n) is 12.3. The molecule has 0 spiro atoms. The molecule has 1 N–H and O–H groups in total. The smallest absolute Gasteiger partial charge is 0.224 e. The molecule has 1 aromatic rings. The zero-order valence-corrected chi connectivity index (χ0v) is 21.1. The molecule has 2 nitrogen and oxygen atoms in total. The Kier molecular flexibility index (Phi) is 15.9. The van der Waals surface area contributed by atoms with Gasteiger partial charge in [0.25, 0.3) is 0 Å². The van der Waals surface area contributed by atoms with E-state index in [1.54, 1.807) is 0 Å². The molecule has 33 heavy (non-hydrogen) atoms. The number of aryl methyl sites for hydroxylation is 3. The molecule has 0 atom stereocenters. The number of hydrogen-bond donors (Lipinski definition) is 1. The van der Waals surface area contributed by atoms with Gasteiger partial charge in [-0.3, -0.25) is 4.79 Å². The Morgan fingerprint density at radius 2 is 1.06 bits per heavy atom. The van der Waals surface area contributed by atoms with Gasteiger partial charge >= 0.3 is 0 Å². The molecule has 0 aromatic heterocycles. The number of rotatable bonds is 15. The lowest BCUT2D eigenvalue weighted by molar-refractivity contribution is -0.116. The van der Waals surface area contributed by atoms with Gasteiger partial charge in [-0.05, 0) is 76.8 Å². The Bertz CT molecular complexity index is 842. The Morgan fingerprint density at radius 3 is 1.48 bits per heavy atom. The van der Waals surface area contributed by atoms with Crippen molar-refractivity contribution in [2.24, 2.45) is 0 Å². The van der Waals surface area contributed by atoms with Crippen molar-refractivity contribution in [1.82, 2.24) is 0 Å². The summed E-state index contributed by atoms with van der Waals surface area (Å²) in [5.74, 6) is 0.0737. The molecule has 178 valence electrons. The molecule has 0 aliphatic heterocycles. The standard InChI is InChI=1S/C31H43NO/c1-5-6-7-8-9-10-11-12-13-14-15-16-17-18-19-20-21-22-23-24-30(33)32-31-28(3)25-27(2)26-29(31)4/h6-7,9-10,12-13,15-16,18-19,21-22,25-26H,5,8,11,14,17,20,23-24H2,1-4H3,(H,32,33)/b7-6-,10-9-,13-12-,16-15-,19-18-,22-21-. The predicted molar refractivity (Wildman–Crippen MR) is 147 cm³/mol. The van der Waals surface area contributed by atoms with Gasteiger partial charge in [0.15, 0.2) is 0 Å². The molecular weight excluding hydrogens is 402 g/mol. The summed E-state index contributed by atoms with van der Waals surface area (Å²) in [4.78, 5) is 12.2. The van der Waals surface area contributed by atoms with Crippen LogP contribution in [0.4, 0.5) is 5.69 Å². The van der Waals surface area contributed by atoms with Crippen LogP contribution in [-0.2, 0) is 4.79 Å². The van der Waals surface area contributed by atoms with E-state index in [9.17, 15) is 4.79 Å². The molecule has 0 aliphatic rings. The van der Waals surface area contributed by atoms with Crippen LogP contribution in [0.1, 0.15) is 75.0 Å². The quantitative estimate of drug-likeness (QED) is 0.268. The van der Waals surface area contributed by atoms with Crippen molar-refractivity contribution in [1.29, 1.82) is 0 Å². The number of carbonyl (C=O) groups excluding carboxylic acids is 1. The molecule has 0 radical (unpaired) electrons. The molecule has 0 unspecified atom stereocenters. The monoisotopic (exact) mass is 445 g/mol. The summed E-state index contributed by atoms with van der Waals surface area (Å²) in [6.45, 7) is 8.32. The third kappa shape index (κ3) is 14.7. The van der Waals surface area contributed by atoms with Crippen molar-refractivity contribution in [2.75, 3.05) is 5.32 Å². The lowest BCUT2D eigenvalue weighted by Gasteiger charge is -2.12. The van der Waals surface area contributed by atoms with Crippen LogP contribution in [0.3, 0.4) is 0 Å². The number of nitrogens with one attached hydrogen (secondary N) is 1. The van der Waals surface area contributed by atoms with E-state index >= 15 is 0 Å². The fourth-order valence-electron chi connectivity index (χ4n) is 3.43. The third-order valence-corrected chi connectivity index (χ3v) is 5.08. The maximum Gasteiger partial charge on any atom is 0.224 e. The average molecular weight is 446 g/mol. The second kappa shape index (κ2) is 18.7. The van der Waals surface area contributed by atoms with Crippen molar-refractivity contribution in [3.63, 3.8) is 0 Å². The summed E-state index contributed by atoms with van der Waals surface area (Å²) in [7, 11) is 0. The summed E-state index contributed by atoms with van der Waals surface area (Å²) in [5, 5.41) is 3.06.